The van der Waals surface area contributed by atoms with Gasteiger partial charge >= 0.3 is 0 Å². The number of hydrogen-bond acceptors (Lipinski definition) is 2. The van der Waals surface area contributed by atoms with Crippen LogP contribution in [0.4, 0.5) is 0 Å². The van der Waals surface area contributed by atoms with E-state index in [-0.39, 0.29) is 11.9 Å². The van der Waals surface area contributed by atoms with Crippen LogP contribution in [0.1, 0.15) is 42.3 Å². The summed E-state index contributed by atoms with van der Waals surface area (Å²) in [5.74, 6) is 0.117. The number of rotatable bonds is 5. The second-order valence-corrected chi connectivity index (χ2v) is 7.55. The Morgan fingerprint density at radius 3 is 2.87 bits per heavy atom. The van der Waals surface area contributed by atoms with E-state index in [0.717, 1.165) is 12.1 Å². The summed E-state index contributed by atoms with van der Waals surface area (Å²) < 4.78 is 0. The number of benzene rings is 1. The Morgan fingerprint density at radius 2 is 2.17 bits per heavy atom. The predicted octanol–water partition coefficient (Wildman–Crippen LogP) is 3.00. The number of nitrogens with one attached hydrogen (secondary N) is 2. The first-order chi connectivity index (χ1) is 11.1. The van der Waals surface area contributed by atoms with E-state index in [1.165, 1.54) is 22.6 Å². The highest BCUT2D eigenvalue weighted by atomic mass is 35.5. The van der Waals surface area contributed by atoms with E-state index < -0.39 is 0 Å². The number of halogens is 1. The number of carbonyl (C=O) groups excluding carboxylic acids is 1. The predicted molar refractivity (Wildman–Crippen MR) is 95.0 cm³/mol. The summed E-state index contributed by atoms with van der Waals surface area (Å²) >= 11 is 7.71. The van der Waals surface area contributed by atoms with Crippen LogP contribution in [-0.2, 0) is 4.79 Å². The zero-order chi connectivity index (χ0) is 16.2. The van der Waals surface area contributed by atoms with E-state index >= 15 is 0 Å². The lowest BCUT2D eigenvalue weighted by molar-refractivity contribution is -0.910. The molecule has 2 heterocycles. The van der Waals surface area contributed by atoms with Crippen LogP contribution in [0.15, 0.2) is 41.8 Å². The van der Waals surface area contributed by atoms with Gasteiger partial charge in [0.05, 0.1) is 17.5 Å². The van der Waals surface area contributed by atoms with Crippen molar-refractivity contribution in [2.75, 3.05) is 13.1 Å². The Morgan fingerprint density at radius 1 is 1.39 bits per heavy atom. The zero-order valence-electron chi connectivity index (χ0n) is 13.2. The molecule has 3 nitrogen and oxygen atoms in total. The third kappa shape index (κ3) is 4.14. The van der Waals surface area contributed by atoms with Crippen molar-refractivity contribution >= 4 is 28.8 Å². The van der Waals surface area contributed by atoms with Crippen molar-refractivity contribution in [3.63, 3.8) is 0 Å². The van der Waals surface area contributed by atoms with Gasteiger partial charge in [0, 0.05) is 17.9 Å². The highest BCUT2D eigenvalue weighted by molar-refractivity contribution is 7.10. The molecule has 1 aromatic heterocycles. The quantitative estimate of drug-likeness (QED) is 0.854. The van der Waals surface area contributed by atoms with Gasteiger partial charge in [-0.2, -0.15) is 0 Å². The number of likely N-dealkylation sites (tertiary alicyclic amines) is 1. The van der Waals surface area contributed by atoms with Crippen molar-refractivity contribution in [1.29, 1.82) is 0 Å². The molecule has 0 spiro atoms. The highest BCUT2D eigenvalue weighted by Gasteiger charge is 2.32. The first-order valence-electron chi connectivity index (χ1n) is 8.06. The van der Waals surface area contributed by atoms with Crippen LogP contribution in [0.3, 0.4) is 0 Å². The van der Waals surface area contributed by atoms with Gasteiger partial charge < -0.3 is 10.2 Å². The minimum absolute atomic E-state index is 0.00181. The van der Waals surface area contributed by atoms with Gasteiger partial charge in [-0.3, -0.25) is 4.79 Å². The normalized spacial score (nSPS) is 22.0. The van der Waals surface area contributed by atoms with Crippen molar-refractivity contribution < 1.29 is 9.69 Å². The number of carbonyl (C=O) groups is 1. The molecule has 122 valence electrons. The van der Waals surface area contributed by atoms with E-state index in [2.05, 4.69) is 22.8 Å². The summed E-state index contributed by atoms with van der Waals surface area (Å²) in [6, 6.07) is 12.4. The molecule has 1 aliphatic rings. The van der Waals surface area contributed by atoms with Crippen LogP contribution in [0.5, 0.6) is 0 Å². The topological polar surface area (TPSA) is 33.5 Å². The Labute approximate surface area is 146 Å². The molecule has 1 unspecified atom stereocenters. The molecule has 3 rings (SSSR count). The van der Waals surface area contributed by atoms with E-state index in [1.807, 2.05) is 31.2 Å². The molecule has 1 aliphatic heterocycles. The largest absolute Gasteiger partial charge is 0.345 e. The van der Waals surface area contributed by atoms with Crippen molar-refractivity contribution in [2.24, 2.45) is 0 Å². The minimum atomic E-state index is 0.00181. The van der Waals surface area contributed by atoms with E-state index in [0.29, 0.717) is 17.6 Å². The number of amides is 1. The average Bonchev–Trinajstić information content (AvgIpc) is 3.18. The SMILES string of the molecule is C[C@@H](NC(=O)C[NH+]1CCC[C@@H]1c1cccs1)c1ccc(Cl)cc1. The maximum Gasteiger partial charge on any atom is 0.275 e. The number of quaternary nitrogens is 1. The fourth-order valence-corrected chi connectivity index (χ4v) is 4.34. The van der Waals surface area contributed by atoms with E-state index in [4.69, 9.17) is 11.6 Å². The zero-order valence-corrected chi connectivity index (χ0v) is 14.8. The molecular formula is C18H22ClN2OS+. The molecule has 0 radical (unpaired) electrons. The van der Waals surface area contributed by atoms with Crippen molar-refractivity contribution in [3.05, 3.63) is 57.2 Å². The van der Waals surface area contributed by atoms with E-state index in [9.17, 15) is 4.79 Å². The summed E-state index contributed by atoms with van der Waals surface area (Å²) in [7, 11) is 0. The van der Waals surface area contributed by atoms with Gasteiger partial charge in [-0.1, -0.05) is 29.8 Å². The molecule has 1 aromatic carbocycles. The van der Waals surface area contributed by atoms with Crippen LogP contribution in [-0.4, -0.2) is 19.0 Å². The second-order valence-electron chi connectivity index (χ2n) is 6.14. The second kappa shape index (κ2) is 7.47. The molecule has 5 heteroatoms. The van der Waals surface area contributed by atoms with Crippen LogP contribution >= 0.6 is 22.9 Å². The minimum Gasteiger partial charge on any atom is -0.345 e. The Balaban J connectivity index is 1.57. The smallest absolute Gasteiger partial charge is 0.275 e. The standard InChI is InChI=1S/C18H21ClN2OS/c1-13(14-6-8-15(19)9-7-14)20-18(22)12-21-10-2-4-16(21)17-5-3-11-23-17/h3,5-9,11,13,16H,2,4,10,12H2,1H3,(H,20,22)/p+1/t13-,16-/m1/s1. The van der Waals surface area contributed by atoms with Gasteiger partial charge in [-0.15, -0.1) is 11.3 Å². The van der Waals surface area contributed by atoms with Gasteiger partial charge in [0.15, 0.2) is 6.54 Å². The van der Waals surface area contributed by atoms with Crippen LogP contribution in [0.2, 0.25) is 5.02 Å². The lowest BCUT2D eigenvalue weighted by atomic mass is 10.1. The fraction of sp³-hybridized carbons (Fsp3) is 0.389. The van der Waals surface area contributed by atoms with Crippen molar-refractivity contribution in [3.8, 4) is 0 Å². The van der Waals surface area contributed by atoms with Crippen LogP contribution < -0.4 is 10.2 Å². The van der Waals surface area contributed by atoms with Gasteiger partial charge in [0.2, 0.25) is 0 Å². The van der Waals surface area contributed by atoms with Crippen molar-refractivity contribution in [1.82, 2.24) is 5.32 Å². The molecule has 1 fully saturated rings. The van der Waals surface area contributed by atoms with E-state index in [1.54, 1.807) is 11.3 Å². The molecule has 0 aliphatic carbocycles. The summed E-state index contributed by atoms with van der Waals surface area (Å²) in [6.45, 7) is 3.63. The first-order valence-corrected chi connectivity index (χ1v) is 9.32. The molecule has 1 saturated heterocycles. The molecule has 2 aromatic rings. The summed E-state index contributed by atoms with van der Waals surface area (Å²) in [6.07, 6.45) is 2.37. The Bertz CT molecular complexity index is 642. The molecule has 1 amide bonds. The van der Waals surface area contributed by atoms with Crippen molar-refractivity contribution in [2.45, 2.75) is 31.8 Å². The monoisotopic (exact) mass is 349 g/mol. The Hall–Kier alpha value is -1.36. The highest BCUT2D eigenvalue weighted by Crippen LogP contribution is 2.23. The molecule has 0 bridgehead atoms. The maximum absolute atomic E-state index is 12.4. The molecule has 2 N–H and O–H groups in total. The number of thiophene rings is 1. The fourth-order valence-electron chi connectivity index (χ4n) is 3.29. The summed E-state index contributed by atoms with van der Waals surface area (Å²) in [5.41, 5.74) is 1.08. The molecule has 0 saturated carbocycles. The Kier molecular flexibility index (Phi) is 5.36. The first kappa shape index (κ1) is 16.5. The number of hydrogen-bond donors (Lipinski definition) is 2. The summed E-state index contributed by atoms with van der Waals surface area (Å²) in [4.78, 5) is 15.2. The average molecular weight is 350 g/mol. The summed E-state index contributed by atoms with van der Waals surface area (Å²) in [5, 5.41) is 5.94. The molecule has 23 heavy (non-hydrogen) atoms. The van der Waals surface area contributed by atoms with Gasteiger partial charge in [0.1, 0.15) is 6.04 Å². The lowest BCUT2D eigenvalue weighted by Crippen LogP contribution is -3.11. The molecule has 3 atom stereocenters. The van der Waals surface area contributed by atoms with Crippen LogP contribution in [0, 0.1) is 0 Å². The molecular weight excluding hydrogens is 328 g/mol. The maximum atomic E-state index is 12.4. The third-order valence-corrected chi connectivity index (χ3v) is 5.74. The van der Waals surface area contributed by atoms with Crippen LogP contribution in [0.25, 0.3) is 0 Å². The van der Waals surface area contributed by atoms with Gasteiger partial charge in [-0.05, 0) is 36.1 Å². The third-order valence-electron chi connectivity index (χ3n) is 4.51. The lowest BCUT2D eigenvalue weighted by Gasteiger charge is -2.21. The van der Waals surface area contributed by atoms with Gasteiger partial charge in [0.25, 0.3) is 5.91 Å². The van der Waals surface area contributed by atoms with Gasteiger partial charge in [-0.25, -0.2) is 0 Å².